The maximum Gasteiger partial charge on any atom is 0.123 e. The van der Waals surface area contributed by atoms with Crippen molar-refractivity contribution in [2.45, 2.75) is 12.8 Å². The van der Waals surface area contributed by atoms with Gasteiger partial charge in [0.2, 0.25) is 0 Å². The van der Waals surface area contributed by atoms with Crippen LogP contribution in [0.1, 0.15) is 12.5 Å². The Morgan fingerprint density at radius 1 is 1.40 bits per heavy atom. The van der Waals surface area contributed by atoms with Gasteiger partial charge < -0.3 is 4.74 Å². The van der Waals surface area contributed by atoms with Crippen LogP contribution < -0.4 is 4.74 Å². The number of halogens is 2. The third-order valence-corrected chi connectivity index (χ3v) is 3.24. The molecule has 15 heavy (non-hydrogen) atoms. The standard InChI is InChI=1S/C11H14Cl2OS/c1-2-15-6-5-14-11-4-3-10(13)7-9(11)8-12/h3-4,7H,2,5-6,8H2,1H3. The number of hydrogen-bond donors (Lipinski definition) is 0. The monoisotopic (exact) mass is 264 g/mol. The minimum Gasteiger partial charge on any atom is -0.492 e. The number of benzene rings is 1. The van der Waals surface area contributed by atoms with Crippen LogP contribution in [0.4, 0.5) is 0 Å². The van der Waals surface area contributed by atoms with Crippen LogP contribution in [0.15, 0.2) is 18.2 Å². The quantitative estimate of drug-likeness (QED) is 0.563. The van der Waals surface area contributed by atoms with Gasteiger partial charge in [-0.15, -0.1) is 11.6 Å². The molecule has 4 heteroatoms. The van der Waals surface area contributed by atoms with Crippen molar-refractivity contribution >= 4 is 35.0 Å². The smallest absolute Gasteiger partial charge is 0.123 e. The summed E-state index contributed by atoms with van der Waals surface area (Å²) in [4.78, 5) is 0. The lowest BCUT2D eigenvalue weighted by atomic mass is 10.2. The molecule has 1 nitrogen and oxygen atoms in total. The van der Waals surface area contributed by atoms with Crippen molar-refractivity contribution in [2.24, 2.45) is 0 Å². The van der Waals surface area contributed by atoms with Crippen LogP contribution >= 0.6 is 35.0 Å². The molecule has 0 aliphatic carbocycles. The summed E-state index contributed by atoms with van der Waals surface area (Å²) in [5.41, 5.74) is 0.950. The molecule has 0 atom stereocenters. The fourth-order valence-corrected chi connectivity index (χ4v) is 2.04. The molecule has 1 rings (SSSR count). The molecule has 84 valence electrons. The molecule has 0 fully saturated rings. The highest BCUT2D eigenvalue weighted by Gasteiger charge is 2.03. The molecule has 0 saturated heterocycles. The Balaban J connectivity index is 2.52. The number of hydrogen-bond acceptors (Lipinski definition) is 2. The molecular weight excluding hydrogens is 251 g/mol. The van der Waals surface area contributed by atoms with E-state index in [2.05, 4.69) is 6.92 Å². The summed E-state index contributed by atoms with van der Waals surface area (Å²) >= 11 is 13.5. The second-order valence-corrected chi connectivity index (χ2v) is 5.03. The number of ether oxygens (including phenoxy) is 1. The van der Waals surface area contributed by atoms with Gasteiger partial charge in [-0.05, 0) is 24.0 Å². The SMILES string of the molecule is CCSCCOc1ccc(Cl)cc1CCl. The first-order valence-corrected chi connectivity index (χ1v) is 6.89. The van der Waals surface area contributed by atoms with E-state index in [4.69, 9.17) is 27.9 Å². The summed E-state index contributed by atoms with van der Waals surface area (Å²) < 4.78 is 5.62. The lowest BCUT2D eigenvalue weighted by molar-refractivity contribution is 0.341. The summed E-state index contributed by atoms with van der Waals surface area (Å²) in [5, 5.41) is 0.695. The van der Waals surface area contributed by atoms with Crippen LogP contribution in [-0.4, -0.2) is 18.1 Å². The van der Waals surface area contributed by atoms with E-state index in [-0.39, 0.29) is 0 Å². The van der Waals surface area contributed by atoms with Crippen molar-refractivity contribution in [1.29, 1.82) is 0 Å². The molecule has 0 unspecified atom stereocenters. The molecule has 0 aliphatic heterocycles. The average Bonchev–Trinajstić information content (AvgIpc) is 2.26. The van der Waals surface area contributed by atoms with E-state index >= 15 is 0 Å². The summed E-state index contributed by atoms with van der Waals surface area (Å²) in [6.45, 7) is 2.85. The van der Waals surface area contributed by atoms with Crippen LogP contribution in [0.2, 0.25) is 5.02 Å². The van der Waals surface area contributed by atoms with E-state index in [9.17, 15) is 0 Å². The van der Waals surface area contributed by atoms with Crippen LogP contribution in [0.25, 0.3) is 0 Å². The van der Waals surface area contributed by atoms with Crippen molar-refractivity contribution in [3.8, 4) is 5.75 Å². The summed E-state index contributed by atoms with van der Waals surface area (Å²) in [6.07, 6.45) is 0. The Morgan fingerprint density at radius 2 is 2.20 bits per heavy atom. The predicted octanol–water partition coefficient (Wildman–Crippen LogP) is 4.21. The van der Waals surface area contributed by atoms with Gasteiger partial charge in [0, 0.05) is 16.3 Å². The highest BCUT2D eigenvalue weighted by atomic mass is 35.5. The molecule has 0 N–H and O–H groups in total. The van der Waals surface area contributed by atoms with Crippen LogP contribution in [0.5, 0.6) is 5.75 Å². The first-order chi connectivity index (χ1) is 7.27. The first-order valence-electron chi connectivity index (χ1n) is 4.83. The van der Waals surface area contributed by atoms with Gasteiger partial charge in [0.05, 0.1) is 12.5 Å². The lowest BCUT2D eigenvalue weighted by Gasteiger charge is -2.09. The zero-order chi connectivity index (χ0) is 11.1. The number of rotatable bonds is 6. The molecule has 0 saturated carbocycles. The number of thioether (sulfide) groups is 1. The van der Waals surface area contributed by atoms with Gasteiger partial charge >= 0.3 is 0 Å². The Morgan fingerprint density at radius 3 is 2.87 bits per heavy atom. The van der Waals surface area contributed by atoms with Gasteiger partial charge in [0.25, 0.3) is 0 Å². The fourth-order valence-electron chi connectivity index (χ4n) is 1.15. The lowest BCUT2D eigenvalue weighted by Crippen LogP contribution is -2.02. The van der Waals surface area contributed by atoms with Crippen LogP contribution in [-0.2, 0) is 5.88 Å². The molecule has 0 aromatic heterocycles. The molecule has 0 amide bonds. The van der Waals surface area contributed by atoms with Crippen LogP contribution in [0, 0.1) is 0 Å². The second-order valence-electron chi connectivity index (χ2n) is 2.93. The maximum atomic E-state index is 5.86. The molecule has 0 heterocycles. The van der Waals surface area contributed by atoms with Crippen molar-refractivity contribution in [1.82, 2.24) is 0 Å². The topological polar surface area (TPSA) is 9.23 Å². The van der Waals surface area contributed by atoms with E-state index in [0.29, 0.717) is 17.5 Å². The molecule has 1 aromatic rings. The van der Waals surface area contributed by atoms with E-state index in [0.717, 1.165) is 22.8 Å². The summed E-state index contributed by atoms with van der Waals surface area (Å²) in [6, 6.07) is 5.54. The van der Waals surface area contributed by atoms with E-state index in [1.54, 1.807) is 0 Å². The third-order valence-electron chi connectivity index (χ3n) is 1.86. The molecule has 0 aliphatic rings. The van der Waals surface area contributed by atoms with E-state index in [1.165, 1.54) is 0 Å². The van der Waals surface area contributed by atoms with Gasteiger partial charge in [0.1, 0.15) is 5.75 Å². The van der Waals surface area contributed by atoms with Crippen molar-refractivity contribution < 1.29 is 4.74 Å². The first kappa shape index (κ1) is 13.0. The van der Waals surface area contributed by atoms with Crippen LogP contribution in [0.3, 0.4) is 0 Å². The van der Waals surface area contributed by atoms with E-state index < -0.39 is 0 Å². The summed E-state index contributed by atoms with van der Waals surface area (Å²) in [5.74, 6) is 3.38. The Kier molecular flexibility index (Phi) is 6.30. The maximum absolute atomic E-state index is 5.86. The summed E-state index contributed by atoms with van der Waals surface area (Å²) in [7, 11) is 0. The molecule has 0 bridgehead atoms. The van der Waals surface area contributed by atoms with Crippen molar-refractivity contribution in [2.75, 3.05) is 18.1 Å². The molecule has 0 radical (unpaired) electrons. The fraction of sp³-hybridized carbons (Fsp3) is 0.455. The second kappa shape index (κ2) is 7.26. The highest BCUT2D eigenvalue weighted by Crippen LogP contribution is 2.24. The van der Waals surface area contributed by atoms with Gasteiger partial charge in [0.15, 0.2) is 0 Å². The van der Waals surface area contributed by atoms with Gasteiger partial charge in [-0.2, -0.15) is 11.8 Å². The van der Waals surface area contributed by atoms with Crippen molar-refractivity contribution in [3.05, 3.63) is 28.8 Å². The third kappa shape index (κ3) is 4.54. The van der Waals surface area contributed by atoms with Gasteiger partial charge in [-0.3, -0.25) is 0 Å². The Bertz CT molecular complexity index is 305. The largest absolute Gasteiger partial charge is 0.492 e. The number of alkyl halides is 1. The molecule has 1 aromatic carbocycles. The van der Waals surface area contributed by atoms with Gasteiger partial charge in [-0.25, -0.2) is 0 Å². The minimum atomic E-state index is 0.427. The Labute approximate surface area is 105 Å². The highest BCUT2D eigenvalue weighted by molar-refractivity contribution is 7.99. The van der Waals surface area contributed by atoms with Crippen molar-refractivity contribution in [3.63, 3.8) is 0 Å². The Hall–Kier alpha value is -0.0500. The molecule has 0 spiro atoms. The average molecular weight is 265 g/mol. The zero-order valence-corrected chi connectivity index (χ0v) is 11.0. The molecular formula is C11H14Cl2OS. The van der Waals surface area contributed by atoms with Gasteiger partial charge in [-0.1, -0.05) is 18.5 Å². The van der Waals surface area contributed by atoms with E-state index in [1.807, 2.05) is 30.0 Å². The zero-order valence-electron chi connectivity index (χ0n) is 8.63. The minimum absolute atomic E-state index is 0.427. The predicted molar refractivity (Wildman–Crippen MR) is 69.5 cm³/mol. The normalized spacial score (nSPS) is 10.3.